The molecule has 0 aromatic heterocycles. The molecule has 0 fully saturated rings. The summed E-state index contributed by atoms with van der Waals surface area (Å²) in [4.78, 5) is 11.7. The van der Waals surface area contributed by atoms with Crippen LogP contribution in [0.1, 0.15) is 17.3 Å². The SMILES string of the molecule is COc1cccc(Oc2ccc(F)c(Br)c2)c1C(C)=O. The lowest BCUT2D eigenvalue weighted by atomic mass is 10.1. The topological polar surface area (TPSA) is 35.5 Å². The third-order valence-electron chi connectivity index (χ3n) is 2.68. The van der Waals surface area contributed by atoms with E-state index >= 15 is 0 Å². The number of methoxy groups -OCH3 is 1. The first kappa shape index (κ1) is 14.5. The van der Waals surface area contributed by atoms with Crippen molar-refractivity contribution in [3.05, 3.63) is 52.3 Å². The lowest BCUT2D eigenvalue weighted by Crippen LogP contribution is -2.01. The molecule has 2 aromatic rings. The molecular formula is C15H12BrFO3. The van der Waals surface area contributed by atoms with Crippen molar-refractivity contribution in [3.63, 3.8) is 0 Å². The number of carbonyl (C=O) groups is 1. The van der Waals surface area contributed by atoms with Gasteiger partial charge in [-0.2, -0.15) is 0 Å². The Kier molecular flexibility index (Phi) is 4.39. The number of hydrogen-bond donors (Lipinski definition) is 0. The number of carbonyl (C=O) groups excluding carboxylic acids is 1. The standard InChI is InChI=1S/C15H12BrFO3/c1-9(18)15-13(19-2)4-3-5-14(15)20-10-6-7-12(17)11(16)8-10/h3-8H,1-2H3. The minimum absolute atomic E-state index is 0.168. The summed E-state index contributed by atoms with van der Waals surface area (Å²) in [5.41, 5.74) is 0.357. The molecule has 2 aromatic carbocycles. The maximum atomic E-state index is 13.2. The Hall–Kier alpha value is -1.88. The van der Waals surface area contributed by atoms with Gasteiger partial charge in [0.1, 0.15) is 28.6 Å². The van der Waals surface area contributed by atoms with Crippen molar-refractivity contribution in [2.75, 3.05) is 7.11 Å². The Morgan fingerprint density at radius 1 is 1.20 bits per heavy atom. The summed E-state index contributed by atoms with van der Waals surface area (Å²) < 4.78 is 24.3. The van der Waals surface area contributed by atoms with Gasteiger partial charge in [-0.15, -0.1) is 0 Å². The lowest BCUT2D eigenvalue weighted by Gasteiger charge is -2.12. The number of rotatable bonds is 4. The zero-order valence-electron chi connectivity index (χ0n) is 10.9. The largest absolute Gasteiger partial charge is 0.496 e. The van der Waals surface area contributed by atoms with E-state index in [9.17, 15) is 9.18 Å². The molecule has 0 aliphatic rings. The van der Waals surface area contributed by atoms with Crippen LogP contribution in [0.25, 0.3) is 0 Å². The van der Waals surface area contributed by atoms with Crippen LogP contribution in [0.3, 0.4) is 0 Å². The molecule has 0 aliphatic carbocycles. The molecule has 0 saturated heterocycles. The van der Waals surface area contributed by atoms with Gasteiger partial charge in [-0.3, -0.25) is 4.79 Å². The first-order chi connectivity index (χ1) is 9.52. The van der Waals surface area contributed by atoms with Crippen LogP contribution in [-0.2, 0) is 0 Å². The fraction of sp³-hybridized carbons (Fsp3) is 0.133. The molecule has 0 atom stereocenters. The molecular weight excluding hydrogens is 327 g/mol. The first-order valence-corrected chi connectivity index (χ1v) is 6.63. The van der Waals surface area contributed by atoms with Crippen molar-refractivity contribution in [1.82, 2.24) is 0 Å². The molecule has 104 valence electrons. The predicted octanol–water partition coefficient (Wildman–Crippen LogP) is 4.59. The summed E-state index contributed by atoms with van der Waals surface area (Å²) in [5.74, 6) is 0.689. The van der Waals surface area contributed by atoms with Crippen LogP contribution in [0, 0.1) is 5.82 Å². The number of ketones is 1. The second kappa shape index (κ2) is 6.05. The molecule has 5 heteroatoms. The molecule has 0 amide bonds. The van der Waals surface area contributed by atoms with Crippen molar-refractivity contribution >= 4 is 21.7 Å². The molecule has 0 radical (unpaired) electrons. The minimum atomic E-state index is -0.380. The molecule has 0 heterocycles. The smallest absolute Gasteiger partial charge is 0.167 e. The highest BCUT2D eigenvalue weighted by atomic mass is 79.9. The summed E-state index contributed by atoms with van der Waals surface area (Å²) in [7, 11) is 1.49. The fourth-order valence-electron chi connectivity index (χ4n) is 1.78. The van der Waals surface area contributed by atoms with Crippen molar-refractivity contribution < 1.29 is 18.7 Å². The quantitative estimate of drug-likeness (QED) is 0.764. The van der Waals surface area contributed by atoms with Crippen LogP contribution in [0.15, 0.2) is 40.9 Å². The predicted molar refractivity (Wildman–Crippen MR) is 77.2 cm³/mol. The van der Waals surface area contributed by atoms with Gasteiger partial charge >= 0.3 is 0 Å². The highest BCUT2D eigenvalue weighted by Crippen LogP contribution is 2.33. The van der Waals surface area contributed by atoms with Crippen LogP contribution >= 0.6 is 15.9 Å². The molecule has 0 bridgehead atoms. The molecule has 2 rings (SSSR count). The van der Waals surface area contributed by atoms with Crippen LogP contribution in [0.5, 0.6) is 17.2 Å². The molecule has 3 nitrogen and oxygen atoms in total. The molecule has 0 N–H and O–H groups in total. The monoisotopic (exact) mass is 338 g/mol. The van der Waals surface area contributed by atoms with Gasteiger partial charge in [-0.25, -0.2) is 4.39 Å². The van der Waals surface area contributed by atoms with Crippen LogP contribution in [-0.4, -0.2) is 12.9 Å². The third-order valence-corrected chi connectivity index (χ3v) is 3.29. The maximum absolute atomic E-state index is 13.2. The van der Waals surface area contributed by atoms with E-state index in [-0.39, 0.29) is 11.6 Å². The second-order valence-electron chi connectivity index (χ2n) is 4.07. The summed E-state index contributed by atoms with van der Waals surface area (Å²) in [5, 5.41) is 0. The fourth-order valence-corrected chi connectivity index (χ4v) is 2.14. The van der Waals surface area contributed by atoms with Gasteiger partial charge in [0.05, 0.1) is 11.6 Å². The number of halogens is 2. The van der Waals surface area contributed by atoms with Crippen molar-refractivity contribution in [1.29, 1.82) is 0 Å². The molecule has 0 spiro atoms. The number of Topliss-reactive ketones (excluding diaryl/α,β-unsaturated/α-hetero) is 1. The zero-order chi connectivity index (χ0) is 14.7. The lowest BCUT2D eigenvalue weighted by molar-refractivity contribution is 0.101. The van der Waals surface area contributed by atoms with Crippen LogP contribution in [0.4, 0.5) is 4.39 Å². The minimum Gasteiger partial charge on any atom is -0.496 e. The number of hydrogen-bond acceptors (Lipinski definition) is 3. The van der Waals surface area contributed by atoms with Gasteiger partial charge in [0.15, 0.2) is 5.78 Å². The Labute approximate surface area is 124 Å². The van der Waals surface area contributed by atoms with Crippen LogP contribution in [0.2, 0.25) is 0 Å². The van der Waals surface area contributed by atoms with E-state index in [2.05, 4.69) is 15.9 Å². The van der Waals surface area contributed by atoms with E-state index in [4.69, 9.17) is 9.47 Å². The maximum Gasteiger partial charge on any atom is 0.167 e. The van der Waals surface area contributed by atoms with E-state index in [1.54, 1.807) is 18.2 Å². The molecule has 0 saturated carbocycles. The number of ether oxygens (including phenoxy) is 2. The van der Waals surface area contributed by atoms with Crippen LogP contribution < -0.4 is 9.47 Å². The highest BCUT2D eigenvalue weighted by Gasteiger charge is 2.15. The molecule has 0 unspecified atom stereocenters. The summed E-state index contributed by atoms with van der Waals surface area (Å²) in [6.45, 7) is 1.44. The normalized spacial score (nSPS) is 10.2. The van der Waals surface area contributed by atoms with Gasteiger partial charge in [0, 0.05) is 0 Å². The van der Waals surface area contributed by atoms with Gasteiger partial charge in [0.2, 0.25) is 0 Å². The van der Waals surface area contributed by atoms with Gasteiger partial charge < -0.3 is 9.47 Å². The molecule has 20 heavy (non-hydrogen) atoms. The average Bonchev–Trinajstić information content (AvgIpc) is 2.42. The summed E-state index contributed by atoms with van der Waals surface area (Å²) in [6.07, 6.45) is 0. The second-order valence-corrected chi connectivity index (χ2v) is 4.92. The van der Waals surface area contributed by atoms with Crippen molar-refractivity contribution in [2.45, 2.75) is 6.92 Å². The van der Waals surface area contributed by atoms with E-state index in [1.165, 1.54) is 32.2 Å². The van der Waals surface area contributed by atoms with Gasteiger partial charge in [-0.05, 0) is 53.2 Å². The summed E-state index contributed by atoms with van der Waals surface area (Å²) >= 11 is 3.09. The van der Waals surface area contributed by atoms with Crippen molar-refractivity contribution in [2.24, 2.45) is 0 Å². The Morgan fingerprint density at radius 3 is 2.50 bits per heavy atom. The number of benzene rings is 2. The van der Waals surface area contributed by atoms with E-state index in [1.807, 2.05) is 0 Å². The first-order valence-electron chi connectivity index (χ1n) is 5.83. The Morgan fingerprint density at radius 2 is 1.90 bits per heavy atom. The van der Waals surface area contributed by atoms with Crippen molar-refractivity contribution in [3.8, 4) is 17.2 Å². The Bertz CT molecular complexity index is 656. The van der Waals surface area contributed by atoms with Gasteiger partial charge in [0.25, 0.3) is 0 Å². The van der Waals surface area contributed by atoms with E-state index < -0.39 is 0 Å². The van der Waals surface area contributed by atoms with E-state index in [0.29, 0.717) is 27.3 Å². The molecule has 0 aliphatic heterocycles. The summed E-state index contributed by atoms with van der Waals surface area (Å²) in [6, 6.07) is 9.34. The average molecular weight is 339 g/mol. The van der Waals surface area contributed by atoms with Gasteiger partial charge in [-0.1, -0.05) is 6.07 Å². The highest BCUT2D eigenvalue weighted by molar-refractivity contribution is 9.10. The van der Waals surface area contributed by atoms with E-state index in [0.717, 1.165) is 0 Å². The third kappa shape index (κ3) is 2.99. The Balaban J connectivity index is 2.42. The zero-order valence-corrected chi connectivity index (χ0v) is 12.5.